The van der Waals surface area contributed by atoms with E-state index in [9.17, 15) is 9.90 Å². The number of fused-ring (bicyclic) bond motifs is 1. The third-order valence-corrected chi connectivity index (χ3v) is 6.75. The van der Waals surface area contributed by atoms with Crippen LogP contribution in [-0.4, -0.2) is 25.2 Å². The summed E-state index contributed by atoms with van der Waals surface area (Å²) in [5.74, 6) is 2.19. The Morgan fingerprint density at radius 2 is 1.79 bits per heavy atom. The Bertz CT molecular complexity index is 1100. The van der Waals surface area contributed by atoms with Gasteiger partial charge in [-0.3, -0.25) is 4.79 Å². The lowest BCUT2D eigenvalue weighted by molar-refractivity contribution is -0.121. The number of aromatic hydroxyl groups is 1. The van der Waals surface area contributed by atoms with Gasteiger partial charge in [-0.2, -0.15) is 0 Å². The molecule has 33 heavy (non-hydrogen) atoms. The average Bonchev–Trinajstić information content (AvgIpc) is 3.41. The highest BCUT2D eigenvalue weighted by Gasteiger charge is 2.39. The molecule has 1 aromatic heterocycles. The highest BCUT2D eigenvalue weighted by Crippen LogP contribution is 2.50. The van der Waals surface area contributed by atoms with E-state index < -0.39 is 0 Å². The fourth-order valence-electron chi connectivity index (χ4n) is 4.98. The minimum absolute atomic E-state index is 0.00495. The van der Waals surface area contributed by atoms with E-state index >= 15 is 0 Å². The van der Waals surface area contributed by atoms with Crippen molar-refractivity contribution < 1.29 is 23.8 Å². The van der Waals surface area contributed by atoms with Gasteiger partial charge in [0.1, 0.15) is 5.76 Å². The number of rotatable bonds is 8. The first kappa shape index (κ1) is 22.8. The van der Waals surface area contributed by atoms with E-state index in [1.165, 1.54) is 30.9 Å². The molecule has 174 valence electrons. The topological polar surface area (TPSA) is 80.9 Å². The Kier molecular flexibility index (Phi) is 6.63. The Balaban J connectivity index is 1.57. The number of methoxy groups -OCH3 is 2. The molecule has 0 saturated heterocycles. The Labute approximate surface area is 194 Å². The minimum atomic E-state index is 0.00495. The van der Waals surface area contributed by atoms with Crippen LogP contribution in [0.25, 0.3) is 0 Å². The third kappa shape index (κ3) is 4.70. The number of carbonyl (C=O) groups excluding carboxylic acids is 1. The van der Waals surface area contributed by atoms with E-state index in [-0.39, 0.29) is 29.4 Å². The van der Waals surface area contributed by atoms with E-state index in [0.717, 1.165) is 17.7 Å². The molecule has 1 heterocycles. The Morgan fingerprint density at radius 3 is 2.42 bits per heavy atom. The SMILES string of the molecule is COc1cc(CC2c3ccc(C)cc3C(CC(=O)NCc3ccco3)C2C)cc(OC)c1O. The Morgan fingerprint density at radius 1 is 1.06 bits per heavy atom. The van der Waals surface area contributed by atoms with Gasteiger partial charge in [-0.1, -0.05) is 30.7 Å². The number of phenolic OH excluding ortho intramolecular Hbond substituents is 1. The number of furan rings is 1. The molecule has 0 radical (unpaired) electrons. The quantitative estimate of drug-likeness (QED) is 0.501. The molecule has 0 bridgehead atoms. The monoisotopic (exact) mass is 449 g/mol. The minimum Gasteiger partial charge on any atom is -0.502 e. The van der Waals surface area contributed by atoms with Crippen molar-refractivity contribution in [1.82, 2.24) is 5.32 Å². The normalized spacial score (nSPS) is 19.2. The molecule has 0 fully saturated rings. The van der Waals surface area contributed by atoms with Gasteiger partial charge in [-0.15, -0.1) is 0 Å². The maximum Gasteiger partial charge on any atom is 0.220 e. The standard InChI is InChI=1S/C27H31NO5/c1-16-7-8-20-21(11-18-12-24(31-3)27(30)25(13-18)32-4)17(2)22(23(20)10-16)14-26(29)28-15-19-6-5-9-33-19/h5-10,12-13,17,21-22,30H,11,14-15H2,1-4H3,(H,28,29). The van der Waals surface area contributed by atoms with Crippen LogP contribution in [0.3, 0.4) is 0 Å². The summed E-state index contributed by atoms with van der Waals surface area (Å²) in [6.45, 7) is 4.70. The van der Waals surface area contributed by atoms with Crippen molar-refractivity contribution in [3.63, 3.8) is 0 Å². The van der Waals surface area contributed by atoms with E-state index in [0.29, 0.717) is 24.5 Å². The molecule has 4 rings (SSSR count). The number of carbonyl (C=O) groups is 1. The van der Waals surface area contributed by atoms with E-state index in [1.54, 1.807) is 6.26 Å². The van der Waals surface area contributed by atoms with Gasteiger partial charge in [-0.25, -0.2) is 0 Å². The smallest absolute Gasteiger partial charge is 0.220 e. The van der Waals surface area contributed by atoms with Gasteiger partial charge in [0.15, 0.2) is 11.5 Å². The number of hydrogen-bond acceptors (Lipinski definition) is 5. The molecule has 2 N–H and O–H groups in total. The van der Waals surface area contributed by atoms with E-state index in [1.807, 2.05) is 24.3 Å². The highest BCUT2D eigenvalue weighted by molar-refractivity contribution is 5.77. The van der Waals surface area contributed by atoms with Crippen LogP contribution in [0.4, 0.5) is 0 Å². The number of amides is 1. The van der Waals surface area contributed by atoms with Crippen molar-refractivity contribution in [3.8, 4) is 17.2 Å². The van der Waals surface area contributed by atoms with Gasteiger partial charge in [0.25, 0.3) is 0 Å². The molecular formula is C27H31NO5. The highest BCUT2D eigenvalue weighted by atomic mass is 16.5. The number of phenols is 1. The van der Waals surface area contributed by atoms with Gasteiger partial charge in [0.05, 0.1) is 27.0 Å². The summed E-state index contributed by atoms with van der Waals surface area (Å²) in [4.78, 5) is 12.8. The van der Waals surface area contributed by atoms with Crippen LogP contribution in [0.2, 0.25) is 0 Å². The number of nitrogens with one attached hydrogen (secondary N) is 1. The molecule has 6 nitrogen and oxygen atoms in total. The van der Waals surface area contributed by atoms with Crippen molar-refractivity contribution in [2.24, 2.45) is 5.92 Å². The van der Waals surface area contributed by atoms with Crippen LogP contribution < -0.4 is 14.8 Å². The van der Waals surface area contributed by atoms with Crippen molar-refractivity contribution >= 4 is 5.91 Å². The first-order valence-electron chi connectivity index (χ1n) is 11.2. The summed E-state index contributed by atoms with van der Waals surface area (Å²) in [6, 6.07) is 13.9. The fourth-order valence-corrected chi connectivity index (χ4v) is 4.98. The zero-order valence-corrected chi connectivity index (χ0v) is 19.6. The second kappa shape index (κ2) is 9.61. The molecular weight excluding hydrogens is 418 g/mol. The summed E-state index contributed by atoms with van der Waals surface area (Å²) in [5.41, 5.74) is 4.74. The maximum absolute atomic E-state index is 12.8. The van der Waals surface area contributed by atoms with Crippen LogP contribution >= 0.6 is 0 Å². The van der Waals surface area contributed by atoms with Crippen molar-refractivity contribution in [2.45, 2.75) is 45.1 Å². The molecule has 0 spiro atoms. The molecule has 1 aliphatic carbocycles. The average molecular weight is 450 g/mol. The molecule has 2 aromatic carbocycles. The summed E-state index contributed by atoms with van der Waals surface area (Å²) in [7, 11) is 3.07. The molecule has 1 aliphatic rings. The zero-order chi connectivity index (χ0) is 23.5. The lowest BCUT2D eigenvalue weighted by atomic mass is 9.83. The van der Waals surface area contributed by atoms with Gasteiger partial charge in [0, 0.05) is 6.42 Å². The molecule has 1 amide bonds. The lowest BCUT2D eigenvalue weighted by Gasteiger charge is -2.22. The van der Waals surface area contributed by atoms with Crippen LogP contribution in [0.1, 0.15) is 53.2 Å². The van der Waals surface area contributed by atoms with Crippen molar-refractivity contribution in [2.75, 3.05) is 14.2 Å². The lowest BCUT2D eigenvalue weighted by Crippen LogP contribution is -2.25. The molecule has 6 heteroatoms. The zero-order valence-electron chi connectivity index (χ0n) is 19.6. The number of benzene rings is 2. The third-order valence-electron chi connectivity index (χ3n) is 6.75. The molecule has 3 unspecified atom stereocenters. The van der Waals surface area contributed by atoms with Gasteiger partial charge < -0.3 is 24.3 Å². The maximum atomic E-state index is 12.8. The van der Waals surface area contributed by atoms with Gasteiger partial charge in [0.2, 0.25) is 11.7 Å². The van der Waals surface area contributed by atoms with Crippen molar-refractivity contribution in [3.05, 3.63) is 76.7 Å². The largest absolute Gasteiger partial charge is 0.502 e. The molecule has 3 atom stereocenters. The molecule has 3 aromatic rings. The molecule has 0 aliphatic heterocycles. The number of aryl methyl sites for hydroxylation is 1. The summed E-state index contributed by atoms with van der Waals surface area (Å²) < 4.78 is 16.0. The van der Waals surface area contributed by atoms with Crippen molar-refractivity contribution in [1.29, 1.82) is 0 Å². The predicted molar refractivity (Wildman–Crippen MR) is 126 cm³/mol. The summed E-state index contributed by atoms with van der Waals surface area (Å²) in [6.07, 6.45) is 2.79. The van der Waals surface area contributed by atoms with Crippen LogP contribution in [0.5, 0.6) is 17.2 Å². The van der Waals surface area contributed by atoms with E-state index in [2.05, 4.69) is 37.4 Å². The predicted octanol–water partition coefficient (Wildman–Crippen LogP) is 5.08. The van der Waals surface area contributed by atoms with E-state index in [4.69, 9.17) is 13.9 Å². The summed E-state index contributed by atoms with van der Waals surface area (Å²) in [5, 5.41) is 13.3. The van der Waals surface area contributed by atoms with Gasteiger partial charge in [-0.05, 0) is 72.1 Å². The summed E-state index contributed by atoms with van der Waals surface area (Å²) >= 11 is 0. The van der Waals surface area contributed by atoms with Crippen LogP contribution in [0, 0.1) is 12.8 Å². The van der Waals surface area contributed by atoms with Gasteiger partial charge >= 0.3 is 0 Å². The first-order chi connectivity index (χ1) is 15.9. The number of ether oxygens (including phenoxy) is 2. The first-order valence-corrected chi connectivity index (χ1v) is 11.2. The second-order valence-corrected chi connectivity index (χ2v) is 8.82. The second-order valence-electron chi connectivity index (χ2n) is 8.82. The van der Waals surface area contributed by atoms with Crippen LogP contribution in [-0.2, 0) is 17.8 Å². The Hall–Kier alpha value is -3.41. The molecule has 0 saturated carbocycles. The fraction of sp³-hybridized carbons (Fsp3) is 0.370. The number of hydrogen-bond donors (Lipinski definition) is 2. The van der Waals surface area contributed by atoms with Crippen LogP contribution in [0.15, 0.2) is 53.1 Å².